The smallest absolute Gasteiger partial charge is 0.167 e. The molecule has 1 unspecified atom stereocenters. The number of likely N-dealkylation sites (tertiary alicyclic amines) is 1. The predicted octanol–water partition coefficient (Wildman–Crippen LogP) is 6.87. The van der Waals surface area contributed by atoms with Crippen molar-refractivity contribution in [3.8, 4) is 17.1 Å². The van der Waals surface area contributed by atoms with Gasteiger partial charge in [0.1, 0.15) is 12.4 Å². The molecule has 3 heterocycles. The molecule has 5 rings (SSSR count). The fourth-order valence-corrected chi connectivity index (χ4v) is 5.04. The molecule has 1 fully saturated rings. The Morgan fingerprint density at radius 2 is 1.61 bits per heavy atom. The summed E-state index contributed by atoms with van der Waals surface area (Å²) in [4.78, 5) is 6.77. The maximum atomic E-state index is 5.95. The summed E-state index contributed by atoms with van der Waals surface area (Å²) in [7, 11) is 0. The summed E-state index contributed by atoms with van der Waals surface area (Å²) in [5, 5.41) is 4.31. The molecule has 5 nitrogen and oxygen atoms in total. The Labute approximate surface area is 214 Å². The fraction of sp³-hybridized carbons (Fsp3) is 0.355. The lowest BCUT2D eigenvalue weighted by Crippen LogP contribution is -2.30. The molecule has 5 heteroatoms. The number of rotatable bonds is 9. The van der Waals surface area contributed by atoms with Gasteiger partial charge in [0, 0.05) is 29.8 Å². The van der Waals surface area contributed by atoms with Gasteiger partial charge in [-0.2, -0.15) is 0 Å². The monoisotopic (exact) mass is 481 g/mol. The molecule has 1 atom stereocenters. The van der Waals surface area contributed by atoms with Gasteiger partial charge in [-0.3, -0.25) is 9.88 Å². The van der Waals surface area contributed by atoms with E-state index in [9.17, 15) is 0 Å². The van der Waals surface area contributed by atoms with Gasteiger partial charge in [0.15, 0.2) is 5.76 Å². The van der Waals surface area contributed by atoms with Crippen molar-refractivity contribution in [3.05, 3.63) is 102 Å². The minimum absolute atomic E-state index is 0.139. The van der Waals surface area contributed by atoms with Gasteiger partial charge in [-0.05, 0) is 67.2 Å². The van der Waals surface area contributed by atoms with Crippen molar-refractivity contribution in [1.82, 2.24) is 15.0 Å². The summed E-state index contributed by atoms with van der Waals surface area (Å²) in [5.41, 5.74) is 5.39. The fourth-order valence-electron chi connectivity index (χ4n) is 5.04. The first-order chi connectivity index (χ1) is 17.5. The van der Waals surface area contributed by atoms with E-state index in [1.165, 1.54) is 24.0 Å². The molecular formula is C31H35N3O2. The zero-order valence-electron chi connectivity index (χ0n) is 21.5. The molecule has 1 aliphatic rings. The van der Waals surface area contributed by atoms with E-state index >= 15 is 0 Å². The van der Waals surface area contributed by atoms with Gasteiger partial charge in [0.05, 0.1) is 11.4 Å². The summed E-state index contributed by atoms with van der Waals surface area (Å²) in [5.74, 6) is 2.08. The lowest BCUT2D eigenvalue weighted by atomic mass is 9.68. The van der Waals surface area contributed by atoms with Crippen molar-refractivity contribution in [3.63, 3.8) is 0 Å². The molecule has 1 aliphatic heterocycles. The second-order valence-electron chi connectivity index (χ2n) is 10.2. The van der Waals surface area contributed by atoms with Crippen molar-refractivity contribution in [2.45, 2.75) is 52.2 Å². The Morgan fingerprint density at radius 3 is 2.25 bits per heavy atom. The predicted molar refractivity (Wildman–Crippen MR) is 143 cm³/mol. The van der Waals surface area contributed by atoms with Crippen molar-refractivity contribution in [1.29, 1.82) is 0 Å². The molecule has 0 saturated carbocycles. The number of ether oxygens (including phenoxy) is 1. The van der Waals surface area contributed by atoms with E-state index in [-0.39, 0.29) is 5.41 Å². The van der Waals surface area contributed by atoms with Gasteiger partial charge in [-0.25, -0.2) is 0 Å². The van der Waals surface area contributed by atoms with E-state index in [0.29, 0.717) is 12.5 Å². The van der Waals surface area contributed by atoms with Crippen LogP contribution in [0.3, 0.4) is 0 Å². The molecule has 2 aromatic carbocycles. The first kappa shape index (κ1) is 24.3. The molecule has 36 heavy (non-hydrogen) atoms. The lowest BCUT2D eigenvalue weighted by Gasteiger charge is -2.35. The number of aromatic nitrogens is 2. The van der Waals surface area contributed by atoms with Crippen LogP contribution < -0.4 is 4.74 Å². The maximum Gasteiger partial charge on any atom is 0.167 e. The molecular weight excluding hydrogens is 446 g/mol. The number of hydrogen-bond donors (Lipinski definition) is 0. The Bertz CT molecular complexity index is 1240. The quantitative estimate of drug-likeness (QED) is 0.261. The van der Waals surface area contributed by atoms with Crippen LogP contribution in [0, 0.1) is 5.92 Å². The number of hydrogen-bond acceptors (Lipinski definition) is 5. The van der Waals surface area contributed by atoms with E-state index < -0.39 is 0 Å². The highest BCUT2D eigenvalue weighted by molar-refractivity contribution is 5.59. The SMILES string of the molecule is CC(C)C(C)(c1ccc(OCc2ccccn2)cc1)c1ccc(-c2cc(CN3CCCC3)no2)cc1. The van der Waals surface area contributed by atoms with Crippen molar-refractivity contribution in [2.75, 3.05) is 13.1 Å². The summed E-state index contributed by atoms with van der Waals surface area (Å²) in [6.45, 7) is 10.5. The summed E-state index contributed by atoms with van der Waals surface area (Å²) in [6, 6.07) is 25.2. The summed E-state index contributed by atoms with van der Waals surface area (Å²) in [6.07, 6.45) is 4.35. The highest BCUT2D eigenvalue weighted by Crippen LogP contribution is 2.40. The van der Waals surface area contributed by atoms with Crippen LogP contribution in [-0.2, 0) is 18.6 Å². The average Bonchev–Trinajstić information content (AvgIpc) is 3.61. The van der Waals surface area contributed by atoms with Gasteiger partial charge in [0.2, 0.25) is 0 Å². The van der Waals surface area contributed by atoms with Crippen LogP contribution in [0.4, 0.5) is 0 Å². The topological polar surface area (TPSA) is 51.4 Å². The second-order valence-corrected chi connectivity index (χ2v) is 10.2. The Balaban J connectivity index is 1.30. The van der Waals surface area contributed by atoms with Crippen molar-refractivity contribution >= 4 is 0 Å². The van der Waals surface area contributed by atoms with E-state index in [2.05, 4.69) is 90.4 Å². The first-order valence-electron chi connectivity index (χ1n) is 12.9. The zero-order valence-corrected chi connectivity index (χ0v) is 21.5. The summed E-state index contributed by atoms with van der Waals surface area (Å²) < 4.78 is 11.6. The Morgan fingerprint density at radius 1 is 0.917 bits per heavy atom. The van der Waals surface area contributed by atoms with Crippen LogP contribution in [0.1, 0.15) is 56.1 Å². The first-order valence-corrected chi connectivity index (χ1v) is 12.9. The molecule has 0 bridgehead atoms. The molecule has 186 valence electrons. The van der Waals surface area contributed by atoms with Crippen molar-refractivity contribution < 1.29 is 9.26 Å². The minimum atomic E-state index is -0.139. The van der Waals surface area contributed by atoms with Gasteiger partial charge in [-0.1, -0.05) is 68.4 Å². The molecule has 4 aromatic rings. The molecule has 0 amide bonds. The van der Waals surface area contributed by atoms with E-state index in [4.69, 9.17) is 9.26 Å². The van der Waals surface area contributed by atoms with E-state index in [1.54, 1.807) is 6.20 Å². The van der Waals surface area contributed by atoms with Crippen molar-refractivity contribution in [2.24, 2.45) is 5.92 Å². The zero-order chi connectivity index (χ0) is 25.0. The van der Waals surface area contributed by atoms with Gasteiger partial charge >= 0.3 is 0 Å². The largest absolute Gasteiger partial charge is 0.487 e. The Hall–Kier alpha value is -3.44. The third-order valence-electron chi connectivity index (χ3n) is 7.63. The minimum Gasteiger partial charge on any atom is -0.487 e. The molecule has 0 aliphatic carbocycles. The number of benzene rings is 2. The van der Waals surface area contributed by atoms with Gasteiger partial charge in [-0.15, -0.1) is 0 Å². The lowest BCUT2D eigenvalue weighted by molar-refractivity contribution is 0.301. The normalized spacial score (nSPS) is 15.8. The highest BCUT2D eigenvalue weighted by atomic mass is 16.5. The molecule has 2 aromatic heterocycles. The summed E-state index contributed by atoms with van der Waals surface area (Å²) >= 11 is 0. The van der Waals surface area contributed by atoms with E-state index in [0.717, 1.165) is 48.1 Å². The van der Waals surface area contributed by atoms with Crippen LogP contribution in [-0.4, -0.2) is 28.1 Å². The van der Waals surface area contributed by atoms with Crippen LogP contribution in [0.25, 0.3) is 11.3 Å². The molecule has 0 spiro atoms. The van der Waals surface area contributed by atoms with Crippen LogP contribution in [0.5, 0.6) is 5.75 Å². The molecule has 1 saturated heterocycles. The number of nitrogens with zero attached hydrogens (tertiary/aromatic N) is 3. The highest BCUT2D eigenvalue weighted by Gasteiger charge is 2.32. The molecule has 0 N–H and O–H groups in total. The third-order valence-corrected chi connectivity index (χ3v) is 7.63. The Kier molecular flexibility index (Phi) is 7.19. The van der Waals surface area contributed by atoms with E-state index in [1.807, 2.05) is 18.2 Å². The van der Waals surface area contributed by atoms with Crippen LogP contribution in [0.2, 0.25) is 0 Å². The second kappa shape index (κ2) is 10.7. The van der Waals surface area contributed by atoms with Gasteiger partial charge < -0.3 is 9.26 Å². The van der Waals surface area contributed by atoms with Gasteiger partial charge in [0.25, 0.3) is 0 Å². The maximum absolute atomic E-state index is 5.95. The average molecular weight is 482 g/mol. The van der Waals surface area contributed by atoms with Crippen LogP contribution in [0.15, 0.2) is 83.5 Å². The third kappa shape index (κ3) is 5.21. The standard InChI is InChI=1S/C31H35N3O2/c1-23(2)31(3,26-13-15-29(16-14-26)35-22-27-8-4-5-17-32-27)25-11-9-24(10-12-25)30-20-28(33-36-30)21-34-18-6-7-19-34/h4-5,8-17,20,23H,6-7,18-19,21-22H2,1-3H3. The number of pyridine rings is 1. The molecule has 0 radical (unpaired) electrons. The van der Waals surface area contributed by atoms with Crippen LogP contribution >= 0.6 is 0 Å².